The van der Waals surface area contributed by atoms with Crippen molar-refractivity contribution in [3.05, 3.63) is 0 Å². The second-order valence-electron chi connectivity index (χ2n) is 4.83. The molecule has 0 bridgehead atoms. The molecule has 1 aliphatic carbocycles. The maximum absolute atomic E-state index is 3.76. The second-order valence-corrected chi connectivity index (χ2v) is 5.98. The molecule has 1 aliphatic heterocycles. The van der Waals surface area contributed by atoms with Crippen LogP contribution >= 0.6 is 11.8 Å². The molecule has 0 radical (unpaired) electrons. The summed E-state index contributed by atoms with van der Waals surface area (Å²) in [4.78, 5) is 0. The van der Waals surface area contributed by atoms with Crippen LogP contribution in [0.15, 0.2) is 0 Å². The summed E-state index contributed by atoms with van der Waals surface area (Å²) >= 11 is 2.11. The third-order valence-electron chi connectivity index (χ3n) is 3.60. The van der Waals surface area contributed by atoms with Crippen molar-refractivity contribution in [2.75, 3.05) is 18.1 Å². The number of thioether (sulfide) groups is 1. The van der Waals surface area contributed by atoms with Gasteiger partial charge in [-0.2, -0.15) is 11.8 Å². The van der Waals surface area contributed by atoms with E-state index in [4.69, 9.17) is 0 Å². The number of hydrogen-bond donors (Lipinski definition) is 1. The minimum atomic E-state index is 0.836. The van der Waals surface area contributed by atoms with Crippen molar-refractivity contribution in [1.82, 2.24) is 5.32 Å². The van der Waals surface area contributed by atoms with E-state index in [1.54, 1.807) is 0 Å². The first-order valence-electron chi connectivity index (χ1n) is 6.26. The fraction of sp³-hybridized carbons (Fsp3) is 1.00. The summed E-state index contributed by atoms with van der Waals surface area (Å²) in [5.41, 5.74) is 0. The molecule has 2 aliphatic rings. The van der Waals surface area contributed by atoms with E-state index in [2.05, 4.69) is 17.1 Å². The van der Waals surface area contributed by atoms with Gasteiger partial charge in [0.25, 0.3) is 0 Å². The number of hydrogen-bond acceptors (Lipinski definition) is 2. The molecule has 14 heavy (non-hydrogen) atoms. The molecule has 1 saturated carbocycles. The summed E-state index contributed by atoms with van der Waals surface area (Å²) in [5.74, 6) is 3.72. The monoisotopic (exact) mass is 213 g/mol. The molecule has 0 aromatic heterocycles. The van der Waals surface area contributed by atoms with Crippen LogP contribution in [0.25, 0.3) is 0 Å². The van der Waals surface area contributed by atoms with Gasteiger partial charge in [-0.05, 0) is 37.5 Å². The van der Waals surface area contributed by atoms with E-state index in [0.717, 1.165) is 12.0 Å². The Hall–Kier alpha value is 0.310. The van der Waals surface area contributed by atoms with Crippen LogP contribution in [0.3, 0.4) is 0 Å². The van der Waals surface area contributed by atoms with Gasteiger partial charge in [-0.1, -0.05) is 25.7 Å². The fourth-order valence-electron chi connectivity index (χ4n) is 2.60. The lowest BCUT2D eigenvalue weighted by Gasteiger charge is -2.18. The Balaban J connectivity index is 1.62. The van der Waals surface area contributed by atoms with Crippen LogP contribution < -0.4 is 5.32 Å². The van der Waals surface area contributed by atoms with Gasteiger partial charge in [0, 0.05) is 11.8 Å². The van der Waals surface area contributed by atoms with Crippen LogP contribution in [-0.4, -0.2) is 24.1 Å². The van der Waals surface area contributed by atoms with E-state index in [0.29, 0.717) is 0 Å². The summed E-state index contributed by atoms with van der Waals surface area (Å²) in [6.07, 6.45) is 10.3. The standard InChI is InChI=1S/C12H23NS/c1-2-4-6-11(5-3-1)9-13-12-7-8-14-10-12/h11-13H,1-10H2. The zero-order chi connectivity index (χ0) is 9.64. The molecule has 0 amide bonds. The minimum absolute atomic E-state index is 0.836. The molecular weight excluding hydrogens is 190 g/mol. The molecule has 1 heterocycles. The highest BCUT2D eigenvalue weighted by Crippen LogP contribution is 2.23. The van der Waals surface area contributed by atoms with Crippen molar-refractivity contribution < 1.29 is 0 Å². The van der Waals surface area contributed by atoms with Gasteiger partial charge < -0.3 is 5.32 Å². The zero-order valence-corrected chi connectivity index (χ0v) is 9.95. The lowest BCUT2D eigenvalue weighted by atomic mass is 10.00. The van der Waals surface area contributed by atoms with E-state index in [1.807, 2.05) is 0 Å². The highest BCUT2D eigenvalue weighted by atomic mass is 32.2. The van der Waals surface area contributed by atoms with Gasteiger partial charge >= 0.3 is 0 Å². The molecule has 2 fully saturated rings. The molecule has 0 aromatic rings. The van der Waals surface area contributed by atoms with Gasteiger partial charge in [-0.15, -0.1) is 0 Å². The predicted molar refractivity (Wildman–Crippen MR) is 64.9 cm³/mol. The average molecular weight is 213 g/mol. The highest BCUT2D eigenvalue weighted by molar-refractivity contribution is 7.99. The molecule has 1 atom stereocenters. The van der Waals surface area contributed by atoms with Crippen molar-refractivity contribution in [3.8, 4) is 0 Å². The van der Waals surface area contributed by atoms with Crippen LogP contribution in [0.5, 0.6) is 0 Å². The Morgan fingerprint density at radius 2 is 1.79 bits per heavy atom. The molecular formula is C12H23NS. The van der Waals surface area contributed by atoms with Crippen LogP contribution in [0.2, 0.25) is 0 Å². The van der Waals surface area contributed by atoms with Crippen LogP contribution in [0, 0.1) is 5.92 Å². The molecule has 0 spiro atoms. The van der Waals surface area contributed by atoms with Crippen molar-refractivity contribution in [2.24, 2.45) is 5.92 Å². The minimum Gasteiger partial charge on any atom is -0.313 e. The lowest BCUT2D eigenvalue weighted by molar-refractivity contribution is 0.401. The van der Waals surface area contributed by atoms with E-state index < -0.39 is 0 Å². The van der Waals surface area contributed by atoms with Crippen molar-refractivity contribution in [3.63, 3.8) is 0 Å². The third kappa shape index (κ3) is 3.47. The SMILES string of the molecule is C1CCCC(CNC2CCSC2)CC1. The summed E-state index contributed by atoms with van der Waals surface area (Å²) in [6.45, 7) is 1.30. The van der Waals surface area contributed by atoms with Crippen LogP contribution in [0.4, 0.5) is 0 Å². The van der Waals surface area contributed by atoms with Crippen LogP contribution in [-0.2, 0) is 0 Å². The number of nitrogens with one attached hydrogen (secondary N) is 1. The Kier molecular flexibility index (Phi) is 4.65. The summed E-state index contributed by atoms with van der Waals surface area (Å²) in [6, 6.07) is 0.836. The smallest absolute Gasteiger partial charge is 0.0166 e. The second kappa shape index (κ2) is 6.02. The van der Waals surface area contributed by atoms with E-state index >= 15 is 0 Å². The summed E-state index contributed by atoms with van der Waals surface area (Å²) in [5, 5.41) is 3.76. The number of rotatable bonds is 3. The highest BCUT2D eigenvalue weighted by Gasteiger charge is 2.17. The molecule has 1 N–H and O–H groups in total. The Morgan fingerprint density at radius 1 is 1.00 bits per heavy atom. The third-order valence-corrected chi connectivity index (χ3v) is 4.76. The van der Waals surface area contributed by atoms with Crippen LogP contribution in [0.1, 0.15) is 44.9 Å². The van der Waals surface area contributed by atoms with E-state index in [9.17, 15) is 0 Å². The molecule has 82 valence electrons. The molecule has 1 nitrogen and oxygen atoms in total. The zero-order valence-electron chi connectivity index (χ0n) is 9.13. The van der Waals surface area contributed by atoms with Crippen molar-refractivity contribution in [2.45, 2.75) is 51.0 Å². The Bertz CT molecular complexity index is 146. The first-order valence-corrected chi connectivity index (χ1v) is 7.42. The maximum Gasteiger partial charge on any atom is 0.0166 e. The topological polar surface area (TPSA) is 12.0 Å². The van der Waals surface area contributed by atoms with Crippen molar-refractivity contribution >= 4 is 11.8 Å². The summed E-state index contributed by atoms with van der Waals surface area (Å²) in [7, 11) is 0. The molecule has 1 saturated heterocycles. The van der Waals surface area contributed by atoms with E-state index in [-0.39, 0.29) is 0 Å². The molecule has 2 rings (SSSR count). The van der Waals surface area contributed by atoms with Gasteiger partial charge in [0.15, 0.2) is 0 Å². The van der Waals surface area contributed by atoms with Gasteiger partial charge in [0.1, 0.15) is 0 Å². The summed E-state index contributed by atoms with van der Waals surface area (Å²) < 4.78 is 0. The Morgan fingerprint density at radius 3 is 2.43 bits per heavy atom. The fourth-order valence-corrected chi connectivity index (χ4v) is 3.78. The molecule has 2 heteroatoms. The Labute approximate surface area is 92.4 Å². The quantitative estimate of drug-likeness (QED) is 0.723. The maximum atomic E-state index is 3.76. The normalized spacial score (nSPS) is 30.4. The van der Waals surface area contributed by atoms with Gasteiger partial charge in [0.2, 0.25) is 0 Å². The first kappa shape index (κ1) is 10.8. The largest absolute Gasteiger partial charge is 0.313 e. The van der Waals surface area contributed by atoms with Crippen molar-refractivity contribution in [1.29, 1.82) is 0 Å². The van der Waals surface area contributed by atoms with Gasteiger partial charge in [-0.3, -0.25) is 0 Å². The first-order chi connectivity index (χ1) is 6.95. The average Bonchev–Trinajstić information content (AvgIpc) is 2.58. The predicted octanol–water partition coefficient (Wildman–Crippen LogP) is 3.05. The lowest BCUT2D eigenvalue weighted by Crippen LogP contribution is -2.33. The van der Waals surface area contributed by atoms with Gasteiger partial charge in [0.05, 0.1) is 0 Å². The van der Waals surface area contributed by atoms with E-state index in [1.165, 1.54) is 63.0 Å². The molecule has 1 unspecified atom stereocenters. The van der Waals surface area contributed by atoms with Gasteiger partial charge in [-0.25, -0.2) is 0 Å². The molecule has 0 aromatic carbocycles.